The first-order valence-corrected chi connectivity index (χ1v) is 8.64. The van der Waals surface area contributed by atoms with E-state index in [2.05, 4.69) is 20.8 Å². The lowest BCUT2D eigenvalue weighted by molar-refractivity contribution is -0.150. The summed E-state index contributed by atoms with van der Waals surface area (Å²) in [5.74, 6) is 0.906. The normalized spacial score (nSPS) is 21.2. The number of amides is 2. The highest BCUT2D eigenvalue weighted by atomic mass is 16.2. The maximum atomic E-state index is 12.8. The fraction of sp³-hybridized carbons (Fsp3) is 0.882. The van der Waals surface area contributed by atoms with Crippen LogP contribution in [0.4, 0.5) is 0 Å². The minimum Gasteiger partial charge on any atom is -0.342 e. The van der Waals surface area contributed by atoms with Gasteiger partial charge in [0.05, 0.1) is 0 Å². The van der Waals surface area contributed by atoms with Crippen LogP contribution in [0.5, 0.6) is 0 Å². The van der Waals surface area contributed by atoms with E-state index in [1.807, 2.05) is 9.80 Å². The summed E-state index contributed by atoms with van der Waals surface area (Å²) in [6.07, 6.45) is 5.56. The number of rotatable bonds is 6. The molecule has 0 aromatic carbocycles. The number of nitrogens with zero attached hydrogens (tertiary/aromatic N) is 2. The highest BCUT2D eigenvalue weighted by molar-refractivity contribution is 6.07. The van der Waals surface area contributed by atoms with Crippen LogP contribution in [0.25, 0.3) is 0 Å². The zero-order valence-corrected chi connectivity index (χ0v) is 13.9. The summed E-state index contributed by atoms with van der Waals surface area (Å²) in [7, 11) is 0. The van der Waals surface area contributed by atoms with Crippen LogP contribution in [-0.2, 0) is 9.59 Å². The second-order valence-corrected chi connectivity index (χ2v) is 6.85. The van der Waals surface area contributed by atoms with Crippen molar-refractivity contribution in [2.24, 2.45) is 11.3 Å². The van der Waals surface area contributed by atoms with E-state index in [1.165, 1.54) is 0 Å². The van der Waals surface area contributed by atoms with Crippen molar-refractivity contribution in [1.29, 1.82) is 0 Å². The zero-order valence-electron chi connectivity index (χ0n) is 13.9. The number of carbonyl (C=O) groups excluding carboxylic acids is 2. The lowest BCUT2D eigenvalue weighted by Crippen LogP contribution is -2.49. The second kappa shape index (κ2) is 6.80. The van der Waals surface area contributed by atoms with Crippen LogP contribution >= 0.6 is 0 Å². The minimum atomic E-state index is -0.690. The average molecular weight is 294 g/mol. The smallest absolute Gasteiger partial charge is 0.238 e. The van der Waals surface area contributed by atoms with Gasteiger partial charge in [0.15, 0.2) is 0 Å². The fourth-order valence-electron chi connectivity index (χ4n) is 3.32. The summed E-state index contributed by atoms with van der Waals surface area (Å²) in [5.41, 5.74) is -0.690. The third kappa shape index (κ3) is 3.41. The van der Waals surface area contributed by atoms with Gasteiger partial charge in [-0.25, -0.2) is 0 Å². The molecule has 1 saturated carbocycles. The number of hydrogen-bond donors (Lipinski definition) is 0. The molecule has 21 heavy (non-hydrogen) atoms. The van der Waals surface area contributed by atoms with Crippen LogP contribution in [0.1, 0.15) is 59.3 Å². The third-order valence-electron chi connectivity index (χ3n) is 4.91. The monoisotopic (exact) mass is 294 g/mol. The summed E-state index contributed by atoms with van der Waals surface area (Å²) in [6.45, 7) is 9.63. The number of carbonyl (C=O) groups is 2. The highest BCUT2D eigenvalue weighted by Gasteiger charge is 2.59. The van der Waals surface area contributed by atoms with Gasteiger partial charge in [-0.05, 0) is 44.4 Å². The average Bonchev–Trinajstić information content (AvgIpc) is 3.28. The topological polar surface area (TPSA) is 40.6 Å². The van der Waals surface area contributed by atoms with Crippen LogP contribution in [0, 0.1) is 11.3 Å². The van der Waals surface area contributed by atoms with Crippen molar-refractivity contribution in [1.82, 2.24) is 9.80 Å². The van der Waals surface area contributed by atoms with Crippen molar-refractivity contribution in [3.05, 3.63) is 0 Å². The SMILES string of the molecule is CCCN(CCC)C(=O)C1(C(=O)N2CCC(C)CC2)CC1. The van der Waals surface area contributed by atoms with Gasteiger partial charge in [0.1, 0.15) is 5.41 Å². The number of piperidine rings is 1. The van der Waals surface area contributed by atoms with E-state index in [4.69, 9.17) is 0 Å². The van der Waals surface area contributed by atoms with Gasteiger partial charge in [0.25, 0.3) is 0 Å². The van der Waals surface area contributed by atoms with Crippen molar-refractivity contribution < 1.29 is 9.59 Å². The molecule has 1 aliphatic carbocycles. The Balaban J connectivity index is 2.03. The molecule has 0 aromatic rings. The van der Waals surface area contributed by atoms with Gasteiger partial charge in [-0.15, -0.1) is 0 Å². The molecule has 0 atom stereocenters. The van der Waals surface area contributed by atoms with E-state index in [0.29, 0.717) is 5.92 Å². The summed E-state index contributed by atoms with van der Waals surface area (Å²) in [5, 5.41) is 0. The van der Waals surface area contributed by atoms with Crippen molar-refractivity contribution in [2.45, 2.75) is 59.3 Å². The molecule has 1 aliphatic heterocycles. The van der Waals surface area contributed by atoms with E-state index >= 15 is 0 Å². The van der Waals surface area contributed by atoms with Crippen molar-refractivity contribution in [3.8, 4) is 0 Å². The molecule has 1 heterocycles. The molecule has 1 saturated heterocycles. The van der Waals surface area contributed by atoms with E-state index in [-0.39, 0.29) is 11.8 Å². The number of hydrogen-bond acceptors (Lipinski definition) is 2. The largest absolute Gasteiger partial charge is 0.342 e. The fourth-order valence-corrected chi connectivity index (χ4v) is 3.32. The Kier molecular flexibility index (Phi) is 5.28. The number of likely N-dealkylation sites (tertiary alicyclic amines) is 1. The Morgan fingerprint density at radius 1 is 1.10 bits per heavy atom. The van der Waals surface area contributed by atoms with E-state index in [9.17, 15) is 9.59 Å². The Labute approximate surface area is 128 Å². The Morgan fingerprint density at radius 2 is 1.62 bits per heavy atom. The quantitative estimate of drug-likeness (QED) is 0.707. The van der Waals surface area contributed by atoms with Crippen LogP contribution < -0.4 is 0 Å². The maximum Gasteiger partial charge on any atom is 0.238 e. The van der Waals surface area contributed by atoms with E-state index in [1.54, 1.807) is 0 Å². The molecular formula is C17H30N2O2. The zero-order chi connectivity index (χ0) is 15.5. The van der Waals surface area contributed by atoms with Gasteiger partial charge < -0.3 is 9.80 Å². The van der Waals surface area contributed by atoms with E-state index < -0.39 is 5.41 Å². The predicted octanol–water partition coefficient (Wildman–Crippen LogP) is 2.67. The van der Waals surface area contributed by atoms with Gasteiger partial charge in [-0.3, -0.25) is 9.59 Å². The van der Waals surface area contributed by atoms with Gasteiger partial charge in [-0.2, -0.15) is 0 Å². The van der Waals surface area contributed by atoms with Gasteiger partial charge in [0.2, 0.25) is 11.8 Å². The summed E-state index contributed by atoms with van der Waals surface area (Å²) < 4.78 is 0. The lowest BCUT2D eigenvalue weighted by Gasteiger charge is -2.34. The van der Waals surface area contributed by atoms with Crippen molar-refractivity contribution >= 4 is 11.8 Å². The standard InChI is InChI=1S/C17H30N2O2/c1-4-10-18(11-5-2)15(20)17(8-9-17)16(21)19-12-6-14(3)7-13-19/h14H,4-13H2,1-3H3. The molecule has 0 radical (unpaired) electrons. The highest BCUT2D eigenvalue weighted by Crippen LogP contribution is 2.49. The Morgan fingerprint density at radius 3 is 2.05 bits per heavy atom. The van der Waals surface area contributed by atoms with Crippen molar-refractivity contribution in [2.75, 3.05) is 26.2 Å². The van der Waals surface area contributed by atoms with Crippen molar-refractivity contribution in [3.63, 3.8) is 0 Å². The van der Waals surface area contributed by atoms with Crippen LogP contribution in [0.2, 0.25) is 0 Å². The molecule has 2 rings (SSSR count). The first-order valence-electron chi connectivity index (χ1n) is 8.64. The molecule has 0 unspecified atom stereocenters. The molecule has 4 nitrogen and oxygen atoms in total. The molecule has 4 heteroatoms. The lowest BCUT2D eigenvalue weighted by atomic mass is 9.96. The van der Waals surface area contributed by atoms with Gasteiger partial charge >= 0.3 is 0 Å². The minimum absolute atomic E-state index is 0.0924. The molecular weight excluding hydrogens is 264 g/mol. The van der Waals surface area contributed by atoms with Gasteiger partial charge in [0, 0.05) is 26.2 Å². The first kappa shape index (κ1) is 16.3. The maximum absolute atomic E-state index is 12.8. The second-order valence-electron chi connectivity index (χ2n) is 6.85. The van der Waals surface area contributed by atoms with Crippen LogP contribution in [0.3, 0.4) is 0 Å². The van der Waals surface area contributed by atoms with E-state index in [0.717, 1.165) is 64.7 Å². The molecule has 0 bridgehead atoms. The molecule has 0 N–H and O–H groups in total. The molecule has 2 amide bonds. The molecule has 120 valence electrons. The Hall–Kier alpha value is -1.06. The molecule has 2 aliphatic rings. The summed E-state index contributed by atoms with van der Waals surface area (Å²) in [4.78, 5) is 29.5. The predicted molar refractivity (Wildman–Crippen MR) is 83.8 cm³/mol. The molecule has 0 spiro atoms. The molecule has 0 aromatic heterocycles. The van der Waals surface area contributed by atoms with Crippen LogP contribution in [0.15, 0.2) is 0 Å². The van der Waals surface area contributed by atoms with Gasteiger partial charge in [-0.1, -0.05) is 20.8 Å². The van der Waals surface area contributed by atoms with Crippen LogP contribution in [-0.4, -0.2) is 47.8 Å². The summed E-state index contributed by atoms with van der Waals surface area (Å²) in [6, 6.07) is 0. The Bertz CT molecular complexity index is 376. The summed E-state index contributed by atoms with van der Waals surface area (Å²) >= 11 is 0. The third-order valence-corrected chi connectivity index (χ3v) is 4.91. The molecule has 2 fully saturated rings. The first-order chi connectivity index (χ1) is 10.0.